The van der Waals surface area contributed by atoms with Crippen molar-refractivity contribution < 1.29 is 4.79 Å². The fourth-order valence-electron chi connectivity index (χ4n) is 2.63. The molecule has 2 saturated carbocycles. The fourth-order valence-corrected chi connectivity index (χ4v) is 2.63. The van der Waals surface area contributed by atoms with Crippen molar-refractivity contribution in [2.45, 2.75) is 56.5 Å². The first-order valence-corrected chi connectivity index (χ1v) is 6.89. The van der Waals surface area contributed by atoms with Crippen LogP contribution in [0.2, 0.25) is 0 Å². The van der Waals surface area contributed by atoms with Gasteiger partial charge in [-0.2, -0.15) is 0 Å². The fraction of sp³-hybridized carbons (Fsp3) is 0.923. The van der Waals surface area contributed by atoms with Crippen molar-refractivity contribution >= 4 is 30.7 Å². The average molecular weight is 312 g/mol. The number of nitrogens with one attached hydrogen (secondary N) is 1. The molecule has 0 radical (unpaired) electrons. The Hall–Kier alpha value is -0.0300. The van der Waals surface area contributed by atoms with Gasteiger partial charge in [0.15, 0.2) is 0 Å². The zero-order valence-electron chi connectivity index (χ0n) is 11.7. The summed E-state index contributed by atoms with van der Waals surface area (Å²) < 4.78 is 0. The van der Waals surface area contributed by atoms with E-state index in [2.05, 4.69) is 17.3 Å². The minimum absolute atomic E-state index is 0. The van der Waals surface area contributed by atoms with Crippen molar-refractivity contribution in [3.05, 3.63) is 0 Å². The molecule has 0 unspecified atom stereocenters. The number of likely N-dealkylation sites (N-methyl/N-ethyl adjacent to an activating group) is 1. The number of hydrogen-bond acceptors (Lipinski definition) is 3. The second-order valence-electron chi connectivity index (χ2n) is 5.68. The molecule has 0 aliphatic heterocycles. The lowest BCUT2D eigenvalue weighted by Crippen LogP contribution is -2.55. The summed E-state index contributed by atoms with van der Waals surface area (Å²) in [6, 6.07) is 0.758. The Labute approximate surface area is 128 Å². The standard InChI is InChI=1S/C13H25N3O.2ClH/c1-16(11-5-6-11)10-9-15-12(17)13(14)7-3-2-4-8-13;;/h11H,2-10,14H2,1H3,(H,15,17);2*1H. The van der Waals surface area contributed by atoms with Crippen molar-refractivity contribution in [1.29, 1.82) is 0 Å². The molecule has 6 heteroatoms. The Morgan fingerprint density at radius 2 is 1.84 bits per heavy atom. The van der Waals surface area contributed by atoms with E-state index in [1.54, 1.807) is 0 Å². The number of nitrogens with zero attached hydrogens (tertiary/aromatic N) is 1. The maximum atomic E-state index is 12.0. The molecule has 0 aromatic rings. The largest absolute Gasteiger partial charge is 0.353 e. The molecule has 3 N–H and O–H groups in total. The van der Waals surface area contributed by atoms with Gasteiger partial charge in [-0.05, 0) is 32.7 Å². The molecule has 2 fully saturated rings. The van der Waals surface area contributed by atoms with Crippen LogP contribution in [-0.2, 0) is 4.79 Å². The highest BCUT2D eigenvalue weighted by Crippen LogP contribution is 2.26. The Kier molecular flexibility index (Phi) is 8.29. The third kappa shape index (κ3) is 5.46. The van der Waals surface area contributed by atoms with Gasteiger partial charge in [0.25, 0.3) is 0 Å². The molecule has 19 heavy (non-hydrogen) atoms. The molecule has 1 amide bonds. The van der Waals surface area contributed by atoms with Gasteiger partial charge in [-0.15, -0.1) is 24.8 Å². The number of halogens is 2. The van der Waals surface area contributed by atoms with Gasteiger partial charge in [-0.3, -0.25) is 4.79 Å². The Morgan fingerprint density at radius 1 is 1.26 bits per heavy atom. The van der Waals surface area contributed by atoms with Crippen LogP contribution >= 0.6 is 24.8 Å². The first kappa shape index (κ1) is 19.0. The van der Waals surface area contributed by atoms with Gasteiger partial charge in [0.05, 0.1) is 5.54 Å². The third-order valence-electron chi connectivity index (χ3n) is 4.12. The predicted molar refractivity (Wildman–Crippen MR) is 83.2 cm³/mol. The molecule has 0 heterocycles. The molecule has 0 aromatic heterocycles. The van der Waals surface area contributed by atoms with Crippen molar-refractivity contribution in [3.63, 3.8) is 0 Å². The van der Waals surface area contributed by atoms with E-state index in [0.717, 1.165) is 44.8 Å². The second-order valence-corrected chi connectivity index (χ2v) is 5.68. The lowest BCUT2D eigenvalue weighted by Gasteiger charge is -2.32. The van der Waals surface area contributed by atoms with Crippen LogP contribution in [0, 0.1) is 0 Å². The van der Waals surface area contributed by atoms with Crippen LogP contribution < -0.4 is 11.1 Å². The van der Waals surface area contributed by atoms with E-state index >= 15 is 0 Å². The highest BCUT2D eigenvalue weighted by molar-refractivity contribution is 5.86. The first-order chi connectivity index (χ1) is 8.12. The molecule has 114 valence electrons. The monoisotopic (exact) mass is 311 g/mol. The molecular formula is C13H27Cl2N3O. The normalized spacial score (nSPS) is 21.2. The van der Waals surface area contributed by atoms with Crippen LogP contribution in [0.1, 0.15) is 44.9 Å². The van der Waals surface area contributed by atoms with Crippen LogP contribution in [0.25, 0.3) is 0 Å². The van der Waals surface area contributed by atoms with Gasteiger partial charge in [0.2, 0.25) is 5.91 Å². The summed E-state index contributed by atoms with van der Waals surface area (Å²) in [6.45, 7) is 1.66. The highest BCUT2D eigenvalue weighted by Gasteiger charge is 2.35. The third-order valence-corrected chi connectivity index (χ3v) is 4.12. The summed E-state index contributed by atoms with van der Waals surface area (Å²) in [5.41, 5.74) is 5.58. The van der Waals surface area contributed by atoms with E-state index in [1.165, 1.54) is 19.3 Å². The SMILES string of the molecule is CN(CCNC(=O)C1(N)CCCCC1)C1CC1.Cl.Cl. The molecule has 2 rings (SSSR count). The van der Waals surface area contributed by atoms with Crippen LogP contribution in [0.3, 0.4) is 0 Å². The van der Waals surface area contributed by atoms with Gasteiger partial charge < -0.3 is 16.0 Å². The number of rotatable bonds is 5. The second kappa shape index (κ2) is 8.30. The van der Waals surface area contributed by atoms with Gasteiger partial charge in [-0.25, -0.2) is 0 Å². The maximum Gasteiger partial charge on any atom is 0.240 e. The van der Waals surface area contributed by atoms with E-state index in [-0.39, 0.29) is 30.7 Å². The lowest BCUT2D eigenvalue weighted by molar-refractivity contribution is -0.127. The summed E-state index contributed by atoms with van der Waals surface area (Å²) in [5.74, 6) is 0.0568. The van der Waals surface area contributed by atoms with Crippen LogP contribution in [0.4, 0.5) is 0 Å². The molecule has 2 aliphatic rings. The van der Waals surface area contributed by atoms with Crippen molar-refractivity contribution in [1.82, 2.24) is 10.2 Å². The van der Waals surface area contributed by atoms with Crippen molar-refractivity contribution in [2.75, 3.05) is 20.1 Å². The summed E-state index contributed by atoms with van der Waals surface area (Å²) in [5, 5.41) is 3.00. The number of carbonyl (C=O) groups excluding carboxylic acids is 1. The summed E-state index contributed by atoms with van der Waals surface area (Å²) >= 11 is 0. The van der Waals surface area contributed by atoms with E-state index in [1.807, 2.05) is 0 Å². The lowest BCUT2D eigenvalue weighted by atomic mass is 9.82. The zero-order chi connectivity index (χ0) is 12.3. The summed E-state index contributed by atoms with van der Waals surface area (Å²) in [7, 11) is 2.13. The van der Waals surface area contributed by atoms with Crippen molar-refractivity contribution in [2.24, 2.45) is 5.73 Å². The van der Waals surface area contributed by atoms with E-state index in [0.29, 0.717) is 0 Å². The molecule has 0 atom stereocenters. The van der Waals surface area contributed by atoms with Gasteiger partial charge >= 0.3 is 0 Å². The first-order valence-electron chi connectivity index (χ1n) is 6.89. The predicted octanol–water partition coefficient (Wildman–Crippen LogP) is 1.70. The zero-order valence-corrected chi connectivity index (χ0v) is 13.3. The molecule has 0 saturated heterocycles. The number of amides is 1. The highest BCUT2D eigenvalue weighted by atomic mass is 35.5. The maximum absolute atomic E-state index is 12.0. The number of nitrogens with two attached hydrogens (primary N) is 1. The minimum Gasteiger partial charge on any atom is -0.353 e. The molecule has 0 aromatic carbocycles. The average Bonchev–Trinajstić information content (AvgIpc) is 3.13. The minimum atomic E-state index is -0.587. The number of hydrogen-bond donors (Lipinski definition) is 2. The van der Waals surface area contributed by atoms with Gasteiger partial charge in [-0.1, -0.05) is 19.3 Å². The van der Waals surface area contributed by atoms with E-state index < -0.39 is 5.54 Å². The van der Waals surface area contributed by atoms with E-state index in [4.69, 9.17) is 5.73 Å². The molecular weight excluding hydrogens is 285 g/mol. The molecule has 2 aliphatic carbocycles. The van der Waals surface area contributed by atoms with E-state index in [9.17, 15) is 4.79 Å². The Bertz CT molecular complexity index is 279. The summed E-state index contributed by atoms with van der Waals surface area (Å²) in [6.07, 6.45) is 7.71. The van der Waals surface area contributed by atoms with Gasteiger partial charge in [0.1, 0.15) is 0 Å². The molecule has 0 spiro atoms. The smallest absolute Gasteiger partial charge is 0.240 e. The van der Waals surface area contributed by atoms with Crippen LogP contribution in [0.5, 0.6) is 0 Å². The quantitative estimate of drug-likeness (QED) is 0.812. The van der Waals surface area contributed by atoms with Crippen LogP contribution in [0.15, 0.2) is 0 Å². The number of carbonyl (C=O) groups is 1. The topological polar surface area (TPSA) is 58.4 Å². The summed E-state index contributed by atoms with van der Waals surface area (Å²) in [4.78, 5) is 14.4. The molecule has 4 nitrogen and oxygen atoms in total. The van der Waals surface area contributed by atoms with Crippen LogP contribution in [-0.4, -0.2) is 42.5 Å². The van der Waals surface area contributed by atoms with Crippen molar-refractivity contribution in [3.8, 4) is 0 Å². The Balaban J connectivity index is 0.00000162. The Morgan fingerprint density at radius 3 is 2.37 bits per heavy atom. The molecule has 0 bridgehead atoms. The van der Waals surface area contributed by atoms with Gasteiger partial charge in [0, 0.05) is 19.1 Å².